The standard InChI is InChI=1S/C35H44NO5PSi/c1-24(25(2)37)31-30(26(3)41-43(7,8)35(4,5)6)32(38)36(31)33(34(39)40)42(27-18-12-9-13-19-27,28-20-14-10-15-21-28)29-22-16-11-17-23-29/h9-24,26,30-31H,1-8H3,(H,39,40)/t24-,26+,30+,31+/m0/s1. The summed E-state index contributed by atoms with van der Waals surface area (Å²) >= 11 is 0. The van der Waals surface area contributed by atoms with Crippen molar-refractivity contribution < 1.29 is 23.9 Å². The van der Waals surface area contributed by atoms with Crippen molar-refractivity contribution in [2.24, 2.45) is 11.8 Å². The van der Waals surface area contributed by atoms with Crippen molar-refractivity contribution in [1.29, 1.82) is 0 Å². The summed E-state index contributed by atoms with van der Waals surface area (Å²) in [5.74, 6) is -2.82. The van der Waals surface area contributed by atoms with Crippen LogP contribution in [-0.2, 0) is 18.8 Å². The summed E-state index contributed by atoms with van der Waals surface area (Å²) in [5, 5.41) is 13.6. The quantitative estimate of drug-likeness (QED) is 0.180. The van der Waals surface area contributed by atoms with Crippen molar-refractivity contribution in [2.45, 2.75) is 71.8 Å². The van der Waals surface area contributed by atoms with Gasteiger partial charge in [-0.25, -0.2) is 4.79 Å². The van der Waals surface area contributed by atoms with Crippen LogP contribution in [0, 0.1) is 11.8 Å². The summed E-state index contributed by atoms with van der Waals surface area (Å²) in [6.07, 6.45) is -0.482. The molecule has 3 aromatic rings. The molecule has 1 aliphatic heterocycles. The molecule has 1 saturated heterocycles. The predicted octanol–water partition coefficient (Wildman–Crippen LogP) is 5.66. The summed E-state index contributed by atoms with van der Waals surface area (Å²) < 4.78 is 6.70. The molecule has 3 aromatic carbocycles. The molecule has 1 N–H and O–H groups in total. The molecule has 0 bridgehead atoms. The Balaban J connectivity index is 2.08. The van der Waals surface area contributed by atoms with Crippen molar-refractivity contribution in [3.05, 3.63) is 91.0 Å². The molecule has 0 saturated carbocycles. The first-order valence-electron chi connectivity index (χ1n) is 14.8. The molecule has 0 aromatic heterocycles. The average molecular weight is 618 g/mol. The molecule has 1 heterocycles. The Morgan fingerprint density at radius 1 is 0.837 bits per heavy atom. The molecular weight excluding hydrogens is 573 g/mol. The minimum Gasteiger partial charge on any atom is -0.477 e. The topological polar surface area (TPSA) is 83.9 Å². The van der Waals surface area contributed by atoms with Gasteiger partial charge in [0.2, 0.25) is 5.91 Å². The van der Waals surface area contributed by atoms with Crippen molar-refractivity contribution >= 4 is 54.2 Å². The van der Waals surface area contributed by atoms with Crippen molar-refractivity contribution in [1.82, 2.24) is 4.90 Å². The number of carbonyl (C=O) groups is 3. The number of hydrogen-bond donors (Lipinski definition) is 1. The van der Waals surface area contributed by atoms with E-state index in [1.165, 1.54) is 11.8 Å². The maximum atomic E-state index is 14.4. The monoisotopic (exact) mass is 617 g/mol. The third-order valence-electron chi connectivity index (χ3n) is 9.30. The second-order valence-corrected chi connectivity index (χ2v) is 21.1. The Morgan fingerprint density at radius 2 is 1.23 bits per heavy atom. The van der Waals surface area contributed by atoms with E-state index in [-0.39, 0.29) is 22.1 Å². The van der Waals surface area contributed by atoms with Crippen LogP contribution in [0.5, 0.6) is 0 Å². The van der Waals surface area contributed by atoms with Gasteiger partial charge in [-0.3, -0.25) is 9.59 Å². The average Bonchev–Trinajstić information content (AvgIpc) is 2.95. The van der Waals surface area contributed by atoms with Crippen LogP contribution in [0.1, 0.15) is 41.5 Å². The second-order valence-electron chi connectivity index (χ2n) is 13.0. The third-order valence-corrected chi connectivity index (χ3v) is 18.1. The number of aliphatic carboxylic acids is 1. The summed E-state index contributed by atoms with van der Waals surface area (Å²) in [6, 6.07) is 28.2. The van der Waals surface area contributed by atoms with Crippen LogP contribution in [0.3, 0.4) is 0 Å². The van der Waals surface area contributed by atoms with E-state index in [0.29, 0.717) is 0 Å². The smallest absolute Gasteiger partial charge is 0.353 e. The lowest BCUT2D eigenvalue weighted by atomic mass is 9.75. The Bertz CT molecular complexity index is 1430. The second kappa shape index (κ2) is 12.4. The fourth-order valence-electron chi connectivity index (χ4n) is 5.92. The molecule has 1 aliphatic rings. The Morgan fingerprint density at radius 3 is 1.56 bits per heavy atom. The summed E-state index contributed by atoms with van der Waals surface area (Å²) in [6.45, 7) is 12.8. The highest BCUT2D eigenvalue weighted by atomic mass is 31.2. The molecule has 0 radical (unpaired) electrons. The van der Waals surface area contributed by atoms with Crippen molar-refractivity contribution in [3.63, 3.8) is 0 Å². The first-order chi connectivity index (χ1) is 20.2. The van der Waals surface area contributed by atoms with E-state index in [4.69, 9.17) is 4.43 Å². The molecule has 43 heavy (non-hydrogen) atoms. The van der Waals surface area contributed by atoms with E-state index in [1.807, 2.05) is 97.9 Å². The van der Waals surface area contributed by atoms with Gasteiger partial charge in [0.15, 0.2) is 8.32 Å². The molecule has 1 fully saturated rings. The molecule has 0 aliphatic carbocycles. The number of benzene rings is 3. The van der Waals surface area contributed by atoms with E-state index >= 15 is 0 Å². The molecule has 4 rings (SSSR count). The number of likely N-dealkylation sites (tertiary alicyclic amines) is 1. The normalized spacial score (nSPS) is 18.9. The Labute approximate surface area is 257 Å². The van der Waals surface area contributed by atoms with Gasteiger partial charge >= 0.3 is 5.97 Å². The predicted molar refractivity (Wildman–Crippen MR) is 180 cm³/mol. The van der Waals surface area contributed by atoms with Gasteiger partial charge in [-0.1, -0.05) is 119 Å². The SMILES string of the molecule is CC(=O)[C@H](C)[C@@H]1[C@@H]([C@@H](C)O[Si](C)(C)C(C)(C)C)C(=O)N1C(C(=O)O)=P(c1ccccc1)(c1ccccc1)c1ccccc1. The maximum Gasteiger partial charge on any atom is 0.353 e. The Kier molecular flexibility index (Phi) is 9.41. The highest BCUT2D eigenvalue weighted by Gasteiger charge is 2.58. The fourth-order valence-corrected chi connectivity index (χ4v) is 11.7. The molecular formula is C35H44NO5PSi. The summed E-state index contributed by atoms with van der Waals surface area (Å²) in [7, 11) is -2.27. The zero-order valence-corrected chi connectivity index (χ0v) is 28.3. The van der Waals surface area contributed by atoms with Crippen molar-refractivity contribution in [3.8, 4) is 0 Å². The summed E-state index contributed by atoms with van der Waals surface area (Å²) in [5.41, 5.74) is 0.0231. The van der Waals surface area contributed by atoms with E-state index in [2.05, 4.69) is 33.9 Å². The first-order valence-corrected chi connectivity index (χ1v) is 19.5. The number of β-lactam (4-membered cyclic amide) rings is 1. The van der Waals surface area contributed by atoms with Crippen LogP contribution in [0.25, 0.3) is 0 Å². The molecule has 0 unspecified atom stereocenters. The molecule has 4 atom stereocenters. The third kappa shape index (κ3) is 5.83. The number of ketones is 1. The fraction of sp³-hybridized carbons (Fsp3) is 0.371. The van der Waals surface area contributed by atoms with Crippen LogP contribution in [-0.4, -0.2) is 53.5 Å². The van der Waals surface area contributed by atoms with Gasteiger partial charge in [-0.15, -0.1) is 0 Å². The Hall–Kier alpha value is -3.25. The van der Waals surface area contributed by atoms with Crippen LogP contribution in [0.2, 0.25) is 18.1 Å². The number of carboxylic acid groups (broad SMARTS) is 1. The van der Waals surface area contributed by atoms with Gasteiger partial charge < -0.3 is 14.4 Å². The van der Waals surface area contributed by atoms with E-state index in [9.17, 15) is 19.5 Å². The van der Waals surface area contributed by atoms with Crippen LogP contribution >= 0.6 is 6.89 Å². The number of hydrogen-bond acceptors (Lipinski definition) is 4. The van der Waals surface area contributed by atoms with E-state index in [1.54, 1.807) is 6.92 Å². The minimum absolute atomic E-state index is 0.0231. The lowest BCUT2D eigenvalue weighted by Gasteiger charge is -2.54. The summed E-state index contributed by atoms with van der Waals surface area (Å²) in [4.78, 5) is 42.6. The number of carboxylic acids is 1. The first kappa shape index (κ1) is 32.7. The van der Waals surface area contributed by atoms with Crippen LogP contribution in [0.15, 0.2) is 91.0 Å². The highest BCUT2D eigenvalue weighted by molar-refractivity contribution is 7.96. The number of amides is 1. The lowest BCUT2D eigenvalue weighted by Crippen LogP contribution is -2.71. The maximum absolute atomic E-state index is 14.4. The molecule has 0 spiro atoms. The molecule has 8 heteroatoms. The van der Waals surface area contributed by atoms with Gasteiger partial charge in [-0.05, 0) is 47.9 Å². The number of rotatable bonds is 10. The van der Waals surface area contributed by atoms with Gasteiger partial charge in [0, 0.05) is 12.8 Å². The van der Waals surface area contributed by atoms with E-state index in [0.717, 1.165) is 15.9 Å². The van der Waals surface area contributed by atoms with E-state index < -0.39 is 45.2 Å². The van der Waals surface area contributed by atoms with Gasteiger partial charge in [-0.2, -0.15) is 0 Å². The number of Topliss-reactive ketones (excluding diaryl/α,β-unsaturated/α-hetero) is 1. The number of nitrogens with zero attached hydrogens (tertiary/aromatic N) is 1. The van der Waals surface area contributed by atoms with Gasteiger partial charge in [0.1, 0.15) is 11.2 Å². The zero-order chi connectivity index (χ0) is 31.7. The zero-order valence-electron chi connectivity index (χ0n) is 26.4. The van der Waals surface area contributed by atoms with Crippen molar-refractivity contribution in [2.75, 3.05) is 0 Å². The largest absolute Gasteiger partial charge is 0.477 e. The van der Waals surface area contributed by atoms with Gasteiger partial charge in [0.25, 0.3) is 0 Å². The molecule has 1 amide bonds. The van der Waals surface area contributed by atoms with Gasteiger partial charge in [0.05, 0.1) is 18.1 Å². The molecule has 6 nitrogen and oxygen atoms in total. The van der Waals surface area contributed by atoms with Crippen LogP contribution in [0.4, 0.5) is 0 Å². The number of carbonyl (C=O) groups excluding carboxylic acids is 2. The lowest BCUT2D eigenvalue weighted by molar-refractivity contribution is -0.160. The molecule has 228 valence electrons. The minimum atomic E-state index is -3.13. The van der Waals surface area contributed by atoms with Crippen LogP contribution < -0.4 is 15.9 Å². The highest BCUT2D eigenvalue weighted by Crippen LogP contribution is 2.51.